The minimum Gasteiger partial charge on any atom is -0.497 e. The van der Waals surface area contributed by atoms with E-state index in [1.807, 2.05) is 24.3 Å². The quantitative estimate of drug-likeness (QED) is 0.782. The SMILES string of the molecule is COc1ccc(N(C)CCNC(=S)Nc2ccc(C)cc2C)cc1. The first-order chi connectivity index (χ1) is 11.5. The standard InChI is InChI=1S/C19H25N3OS/c1-14-5-10-18(15(2)13-14)21-19(24)20-11-12-22(3)16-6-8-17(23-4)9-7-16/h5-10,13H,11-12H2,1-4H3,(H2,20,21,24). The number of benzene rings is 2. The van der Waals surface area contributed by atoms with Crippen LogP contribution in [0.3, 0.4) is 0 Å². The molecule has 0 heterocycles. The highest BCUT2D eigenvalue weighted by molar-refractivity contribution is 7.80. The van der Waals surface area contributed by atoms with Gasteiger partial charge in [-0.15, -0.1) is 0 Å². The van der Waals surface area contributed by atoms with Crippen molar-refractivity contribution in [2.75, 3.05) is 37.5 Å². The molecule has 0 aromatic heterocycles. The van der Waals surface area contributed by atoms with Gasteiger partial charge in [0.1, 0.15) is 5.75 Å². The van der Waals surface area contributed by atoms with E-state index in [-0.39, 0.29) is 0 Å². The fraction of sp³-hybridized carbons (Fsp3) is 0.316. The van der Waals surface area contributed by atoms with E-state index in [0.717, 1.165) is 30.2 Å². The number of thiocarbonyl (C=S) groups is 1. The van der Waals surface area contributed by atoms with E-state index >= 15 is 0 Å². The molecule has 0 aliphatic carbocycles. The van der Waals surface area contributed by atoms with Crippen LogP contribution in [0.1, 0.15) is 11.1 Å². The maximum atomic E-state index is 5.37. The zero-order valence-corrected chi connectivity index (χ0v) is 15.5. The van der Waals surface area contributed by atoms with E-state index in [1.165, 1.54) is 11.1 Å². The fourth-order valence-corrected chi connectivity index (χ4v) is 2.64. The lowest BCUT2D eigenvalue weighted by molar-refractivity contribution is 0.415. The third kappa shape index (κ3) is 5.13. The Labute approximate surface area is 149 Å². The molecule has 2 aromatic rings. The molecule has 128 valence electrons. The Bertz CT molecular complexity index is 686. The topological polar surface area (TPSA) is 36.5 Å². The zero-order chi connectivity index (χ0) is 17.5. The predicted octanol–water partition coefficient (Wildman–Crippen LogP) is 3.73. The molecule has 2 N–H and O–H groups in total. The minimum absolute atomic E-state index is 0.644. The summed E-state index contributed by atoms with van der Waals surface area (Å²) in [6.07, 6.45) is 0. The van der Waals surface area contributed by atoms with Crippen LogP contribution in [0, 0.1) is 13.8 Å². The minimum atomic E-state index is 0.644. The second-order valence-electron chi connectivity index (χ2n) is 5.82. The van der Waals surface area contributed by atoms with Gasteiger partial charge in [-0.1, -0.05) is 17.7 Å². The van der Waals surface area contributed by atoms with Gasteiger partial charge in [0.15, 0.2) is 5.11 Å². The Morgan fingerprint density at radius 1 is 1.12 bits per heavy atom. The molecule has 0 radical (unpaired) electrons. The van der Waals surface area contributed by atoms with E-state index in [4.69, 9.17) is 17.0 Å². The molecule has 2 aromatic carbocycles. The lowest BCUT2D eigenvalue weighted by Crippen LogP contribution is -2.35. The molecule has 0 aliphatic heterocycles. The number of nitrogens with zero attached hydrogens (tertiary/aromatic N) is 1. The Morgan fingerprint density at radius 3 is 2.46 bits per heavy atom. The number of methoxy groups -OCH3 is 1. The van der Waals surface area contributed by atoms with Crippen LogP contribution in [-0.4, -0.2) is 32.4 Å². The van der Waals surface area contributed by atoms with Crippen molar-refractivity contribution in [1.82, 2.24) is 5.32 Å². The number of ether oxygens (including phenoxy) is 1. The molecule has 5 heteroatoms. The van der Waals surface area contributed by atoms with Crippen molar-refractivity contribution in [2.24, 2.45) is 0 Å². The highest BCUT2D eigenvalue weighted by Crippen LogP contribution is 2.18. The van der Waals surface area contributed by atoms with Crippen molar-refractivity contribution in [3.8, 4) is 5.75 Å². The maximum absolute atomic E-state index is 5.37. The third-order valence-corrected chi connectivity index (χ3v) is 4.12. The van der Waals surface area contributed by atoms with Gasteiger partial charge < -0.3 is 20.3 Å². The van der Waals surface area contributed by atoms with Crippen LogP contribution in [0.15, 0.2) is 42.5 Å². The Morgan fingerprint density at radius 2 is 1.83 bits per heavy atom. The number of likely N-dealkylation sites (N-methyl/N-ethyl adjacent to an activating group) is 1. The van der Waals surface area contributed by atoms with Crippen molar-refractivity contribution in [2.45, 2.75) is 13.8 Å². The monoisotopic (exact) mass is 343 g/mol. The molecule has 0 amide bonds. The molecule has 0 saturated heterocycles. The van der Waals surface area contributed by atoms with Crippen molar-refractivity contribution in [3.63, 3.8) is 0 Å². The molecule has 24 heavy (non-hydrogen) atoms. The van der Waals surface area contributed by atoms with Crippen LogP contribution in [0.5, 0.6) is 5.75 Å². The summed E-state index contributed by atoms with van der Waals surface area (Å²) in [5.74, 6) is 0.865. The van der Waals surface area contributed by atoms with E-state index in [0.29, 0.717) is 5.11 Å². The Hall–Kier alpha value is -2.27. The van der Waals surface area contributed by atoms with E-state index in [9.17, 15) is 0 Å². The van der Waals surface area contributed by atoms with Gasteiger partial charge in [0, 0.05) is 31.5 Å². The summed E-state index contributed by atoms with van der Waals surface area (Å²) in [6, 6.07) is 14.3. The summed E-state index contributed by atoms with van der Waals surface area (Å²) in [6.45, 7) is 5.78. The van der Waals surface area contributed by atoms with Gasteiger partial charge in [-0.05, 0) is 62.0 Å². The fourth-order valence-electron chi connectivity index (χ4n) is 2.42. The van der Waals surface area contributed by atoms with E-state index < -0.39 is 0 Å². The van der Waals surface area contributed by atoms with Crippen molar-refractivity contribution in [1.29, 1.82) is 0 Å². The second-order valence-corrected chi connectivity index (χ2v) is 6.23. The lowest BCUT2D eigenvalue weighted by Gasteiger charge is -2.20. The molecular weight excluding hydrogens is 318 g/mol. The Balaban J connectivity index is 1.79. The lowest BCUT2D eigenvalue weighted by atomic mass is 10.1. The summed E-state index contributed by atoms with van der Waals surface area (Å²) in [7, 11) is 3.73. The van der Waals surface area contributed by atoms with Crippen LogP contribution in [0.2, 0.25) is 0 Å². The van der Waals surface area contributed by atoms with Crippen LogP contribution in [0.4, 0.5) is 11.4 Å². The number of hydrogen-bond donors (Lipinski definition) is 2. The molecule has 0 aliphatic rings. The van der Waals surface area contributed by atoms with Gasteiger partial charge in [-0.25, -0.2) is 0 Å². The first kappa shape index (κ1) is 18.1. The van der Waals surface area contributed by atoms with Crippen molar-refractivity contribution in [3.05, 3.63) is 53.6 Å². The van der Waals surface area contributed by atoms with Crippen molar-refractivity contribution >= 4 is 28.7 Å². The highest BCUT2D eigenvalue weighted by atomic mass is 32.1. The smallest absolute Gasteiger partial charge is 0.170 e. The first-order valence-electron chi connectivity index (χ1n) is 7.97. The van der Waals surface area contributed by atoms with Gasteiger partial charge in [0.2, 0.25) is 0 Å². The zero-order valence-electron chi connectivity index (χ0n) is 14.7. The number of anilines is 2. The molecule has 0 fully saturated rings. The van der Waals surface area contributed by atoms with Crippen molar-refractivity contribution < 1.29 is 4.74 Å². The van der Waals surface area contributed by atoms with Crippen LogP contribution < -0.4 is 20.3 Å². The molecule has 0 unspecified atom stereocenters. The number of aryl methyl sites for hydroxylation is 2. The summed E-state index contributed by atoms with van der Waals surface area (Å²) in [5.41, 5.74) is 4.63. The highest BCUT2D eigenvalue weighted by Gasteiger charge is 2.03. The number of hydrogen-bond acceptors (Lipinski definition) is 3. The third-order valence-electron chi connectivity index (χ3n) is 3.88. The average molecular weight is 343 g/mol. The molecule has 2 rings (SSSR count). The van der Waals surface area contributed by atoms with Gasteiger partial charge in [0.05, 0.1) is 7.11 Å². The van der Waals surface area contributed by atoms with Crippen LogP contribution in [-0.2, 0) is 0 Å². The van der Waals surface area contributed by atoms with Crippen LogP contribution in [0.25, 0.3) is 0 Å². The first-order valence-corrected chi connectivity index (χ1v) is 8.37. The van der Waals surface area contributed by atoms with E-state index in [1.54, 1.807) is 7.11 Å². The Kier molecular flexibility index (Phi) is 6.44. The summed E-state index contributed by atoms with van der Waals surface area (Å²) >= 11 is 5.37. The summed E-state index contributed by atoms with van der Waals surface area (Å²) < 4.78 is 5.18. The molecule has 0 spiro atoms. The molecule has 4 nitrogen and oxygen atoms in total. The average Bonchev–Trinajstić information content (AvgIpc) is 2.57. The van der Waals surface area contributed by atoms with Gasteiger partial charge >= 0.3 is 0 Å². The van der Waals surface area contributed by atoms with Gasteiger partial charge in [-0.3, -0.25) is 0 Å². The number of rotatable bonds is 6. The summed E-state index contributed by atoms with van der Waals surface area (Å²) in [5, 5.41) is 7.15. The van der Waals surface area contributed by atoms with Crippen LogP contribution >= 0.6 is 12.2 Å². The number of nitrogens with one attached hydrogen (secondary N) is 2. The molecular formula is C19H25N3OS. The molecule has 0 bridgehead atoms. The van der Waals surface area contributed by atoms with Gasteiger partial charge in [0.25, 0.3) is 0 Å². The predicted molar refractivity (Wildman–Crippen MR) is 106 cm³/mol. The normalized spacial score (nSPS) is 10.2. The van der Waals surface area contributed by atoms with Gasteiger partial charge in [-0.2, -0.15) is 0 Å². The molecule has 0 saturated carbocycles. The second kappa shape index (κ2) is 8.55. The summed E-state index contributed by atoms with van der Waals surface area (Å²) in [4.78, 5) is 2.17. The largest absolute Gasteiger partial charge is 0.497 e. The molecule has 0 atom stereocenters. The van der Waals surface area contributed by atoms with E-state index in [2.05, 4.69) is 54.6 Å². The maximum Gasteiger partial charge on any atom is 0.170 e.